The molecule has 0 radical (unpaired) electrons. The Kier molecular flexibility index (Phi) is 6.18. The Morgan fingerprint density at radius 1 is 1.09 bits per heavy atom. The Hall–Kier alpha value is -3.12. The molecule has 2 aromatic carbocycles. The summed E-state index contributed by atoms with van der Waals surface area (Å²) in [5.41, 5.74) is 10.9. The molecule has 4 N–H and O–H groups in total. The number of hydrogen-bond acceptors (Lipinski definition) is 4. The number of carbonyl (C=O) groups is 2. The third-order valence-corrected chi connectivity index (χ3v) is 8.42. The number of para-hydroxylation sites is 1. The van der Waals surface area contributed by atoms with Crippen molar-refractivity contribution < 1.29 is 14.7 Å². The lowest BCUT2D eigenvalue weighted by atomic mass is 9.72. The standard InChI is InChI=1S/C29H35N3O3/c1-3-29(4-2)16-25-27(22-7-5-6-8-24(22)32(25)26(34)17-29)18-9-14-21(28(30)35)23(15-18)31-19-10-12-20(33)13-11-19/h5-9,14-15,19-20,31,33H,3-4,10-13,16-17H2,1-2H3,(H2,30,35)/t19-,20-. The van der Waals surface area contributed by atoms with Crippen LogP contribution in [0.2, 0.25) is 0 Å². The van der Waals surface area contributed by atoms with Crippen molar-refractivity contribution in [3.63, 3.8) is 0 Å². The van der Waals surface area contributed by atoms with E-state index in [1.54, 1.807) is 6.07 Å². The maximum atomic E-state index is 13.4. The number of fused-ring (bicyclic) bond motifs is 3. The van der Waals surface area contributed by atoms with Gasteiger partial charge < -0.3 is 16.2 Å². The van der Waals surface area contributed by atoms with Gasteiger partial charge in [0.2, 0.25) is 5.91 Å². The number of hydrogen-bond donors (Lipinski definition) is 3. The van der Waals surface area contributed by atoms with E-state index >= 15 is 0 Å². The minimum Gasteiger partial charge on any atom is -0.393 e. The Balaban J connectivity index is 1.66. The number of rotatable bonds is 6. The van der Waals surface area contributed by atoms with Crippen LogP contribution in [-0.4, -0.2) is 33.6 Å². The normalized spacial score (nSPS) is 21.6. The van der Waals surface area contributed by atoms with Crippen LogP contribution >= 0.6 is 0 Å². The maximum Gasteiger partial charge on any atom is 0.250 e. The van der Waals surface area contributed by atoms with Crippen LogP contribution in [0.25, 0.3) is 22.0 Å². The van der Waals surface area contributed by atoms with Crippen molar-refractivity contribution in [3.8, 4) is 11.1 Å². The van der Waals surface area contributed by atoms with Crippen LogP contribution < -0.4 is 11.1 Å². The first-order chi connectivity index (χ1) is 16.9. The lowest BCUT2D eigenvalue weighted by Crippen LogP contribution is -2.35. The molecule has 6 heteroatoms. The molecule has 184 valence electrons. The topological polar surface area (TPSA) is 97.4 Å². The van der Waals surface area contributed by atoms with E-state index in [4.69, 9.17) is 5.73 Å². The molecule has 0 bridgehead atoms. The van der Waals surface area contributed by atoms with Crippen molar-refractivity contribution in [1.82, 2.24) is 4.57 Å². The van der Waals surface area contributed by atoms with Crippen molar-refractivity contribution in [2.24, 2.45) is 11.1 Å². The zero-order valence-electron chi connectivity index (χ0n) is 20.6. The lowest BCUT2D eigenvalue weighted by Gasteiger charge is -2.36. The highest BCUT2D eigenvalue weighted by Crippen LogP contribution is 2.46. The van der Waals surface area contributed by atoms with Gasteiger partial charge in [-0.05, 0) is 74.1 Å². The highest BCUT2D eigenvalue weighted by Gasteiger charge is 2.39. The SMILES string of the molecule is CCC1(CC)CC(=O)n2c(c(-c3ccc(C(N)=O)c(N[C@H]4CC[C@H](O)CC4)c3)c3ccccc32)C1. The molecule has 35 heavy (non-hydrogen) atoms. The van der Waals surface area contributed by atoms with Crippen molar-refractivity contribution >= 4 is 28.4 Å². The van der Waals surface area contributed by atoms with Gasteiger partial charge in [-0.2, -0.15) is 0 Å². The first kappa shape index (κ1) is 23.6. The van der Waals surface area contributed by atoms with Crippen molar-refractivity contribution in [1.29, 1.82) is 0 Å². The van der Waals surface area contributed by atoms with Gasteiger partial charge in [-0.1, -0.05) is 38.1 Å². The molecule has 0 saturated heterocycles. The van der Waals surface area contributed by atoms with Gasteiger partial charge >= 0.3 is 0 Å². The Labute approximate surface area is 206 Å². The Morgan fingerprint density at radius 3 is 2.49 bits per heavy atom. The highest BCUT2D eigenvalue weighted by molar-refractivity contribution is 6.06. The molecule has 0 spiro atoms. The maximum absolute atomic E-state index is 13.4. The molecule has 5 rings (SSSR count). The highest BCUT2D eigenvalue weighted by atomic mass is 16.3. The summed E-state index contributed by atoms with van der Waals surface area (Å²) in [6.07, 6.45) is 6.26. The molecule has 3 aromatic rings. The number of carbonyl (C=O) groups excluding carboxylic acids is 2. The summed E-state index contributed by atoms with van der Waals surface area (Å²) in [6, 6.07) is 14.1. The quantitative estimate of drug-likeness (QED) is 0.439. The van der Waals surface area contributed by atoms with E-state index in [1.165, 1.54) is 0 Å². The molecule has 2 heterocycles. The fraction of sp³-hybridized carbons (Fsp3) is 0.448. The molecule has 1 aromatic heterocycles. The molecule has 0 unspecified atom stereocenters. The van der Waals surface area contributed by atoms with E-state index in [0.29, 0.717) is 12.0 Å². The molecule has 1 saturated carbocycles. The van der Waals surface area contributed by atoms with Gasteiger partial charge in [0, 0.05) is 34.8 Å². The number of amides is 1. The Morgan fingerprint density at radius 2 is 1.80 bits per heavy atom. The monoisotopic (exact) mass is 473 g/mol. The van der Waals surface area contributed by atoms with Gasteiger partial charge in [0.1, 0.15) is 0 Å². The van der Waals surface area contributed by atoms with Crippen molar-refractivity contribution in [3.05, 3.63) is 53.7 Å². The van der Waals surface area contributed by atoms with E-state index in [0.717, 1.165) is 78.4 Å². The summed E-state index contributed by atoms with van der Waals surface area (Å²) < 4.78 is 1.92. The summed E-state index contributed by atoms with van der Waals surface area (Å²) >= 11 is 0. The number of nitrogens with zero attached hydrogens (tertiary/aromatic N) is 1. The second kappa shape index (κ2) is 9.15. The molecule has 1 aliphatic carbocycles. The number of nitrogens with two attached hydrogens (primary N) is 1. The fourth-order valence-corrected chi connectivity index (χ4v) is 6.11. The molecule has 0 atom stereocenters. The number of aromatic nitrogens is 1. The van der Waals surface area contributed by atoms with Gasteiger partial charge in [-0.15, -0.1) is 0 Å². The number of nitrogens with one attached hydrogen (secondary N) is 1. The number of aliphatic hydroxyl groups is 1. The van der Waals surface area contributed by atoms with Crippen LogP contribution in [0.5, 0.6) is 0 Å². The van der Waals surface area contributed by atoms with Gasteiger partial charge in [0.15, 0.2) is 0 Å². The van der Waals surface area contributed by atoms with Crippen LogP contribution in [0.1, 0.15) is 79.6 Å². The third-order valence-electron chi connectivity index (χ3n) is 8.42. The molecular weight excluding hydrogens is 438 g/mol. The predicted molar refractivity (Wildman–Crippen MR) is 140 cm³/mol. The van der Waals surface area contributed by atoms with Crippen LogP contribution in [0, 0.1) is 5.41 Å². The van der Waals surface area contributed by atoms with Crippen molar-refractivity contribution in [2.75, 3.05) is 5.32 Å². The third kappa shape index (κ3) is 4.14. The second-order valence-electron chi connectivity index (χ2n) is 10.4. The number of aliphatic hydroxyl groups excluding tert-OH is 1. The van der Waals surface area contributed by atoms with Crippen LogP contribution in [-0.2, 0) is 6.42 Å². The smallest absolute Gasteiger partial charge is 0.250 e. The van der Waals surface area contributed by atoms with E-state index in [-0.39, 0.29) is 23.5 Å². The minimum atomic E-state index is -0.468. The van der Waals surface area contributed by atoms with E-state index in [1.807, 2.05) is 34.9 Å². The summed E-state index contributed by atoms with van der Waals surface area (Å²) in [7, 11) is 0. The number of primary amides is 1. The first-order valence-electron chi connectivity index (χ1n) is 12.9. The number of anilines is 1. The average molecular weight is 474 g/mol. The zero-order chi connectivity index (χ0) is 24.7. The van der Waals surface area contributed by atoms with Crippen LogP contribution in [0.15, 0.2) is 42.5 Å². The van der Waals surface area contributed by atoms with Crippen LogP contribution in [0.4, 0.5) is 5.69 Å². The summed E-state index contributed by atoms with van der Waals surface area (Å²) in [6.45, 7) is 4.36. The number of benzene rings is 2. The summed E-state index contributed by atoms with van der Waals surface area (Å²) in [5.74, 6) is -0.310. The fourth-order valence-electron chi connectivity index (χ4n) is 6.11. The van der Waals surface area contributed by atoms with E-state index in [2.05, 4.69) is 25.2 Å². The molecule has 6 nitrogen and oxygen atoms in total. The van der Waals surface area contributed by atoms with E-state index < -0.39 is 5.91 Å². The molecular formula is C29H35N3O3. The largest absolute Gasteiger partial charge is 0.393 e. The molecule has 2 aliphatic rings. The van der Waals surface area contributed by atoms with Gasteiger partial charge in [-0.25, -0.2) is 0 Å². The van der Waals surface area contributed by atoms with Crippen molar-refractivity contribution in [2.45, 2.75) is 77.4 Å². The van der Waals surface area contributed by atoms with E-state index in [9.17, 15) is 14.7 Å². The van der Waals surface area contributed by atoms with Crippen LogP contribution in [0.3, 0.4) is 0 Å². The molecule has 1 aliphatic heterocycles. The second-order valence-corrected chi connectivity index (χ2v) is 10.4. The first-order valence-corrected chi connectivity index (χ1v) is 12.9. The molecule has 1 fully saturated rings. The Bertz CT molecular complexity index is 1280. The lowest BCUT2D eigenvalue weighted by molar-refractivity contribution is 0.0769. The molecule has 1 amide bonds. The summed E-state index contributed by atoms with van der Waals surface area (Å²) in [5, 5.41) is 14.5. The van der Waals surface area contributed by atoms with Gasteiger partial charge in [0.25, 0.3) is 5.91 Å². The minimum absolute atomic E-state index is 0.0343. The predicted octanol–water partition coefficient (Wildman–Crippen LogP) is 5.52. The average Bonchev–Trinajstić information content (AvgIpc) is 3.19. The zero-order valence-corrected chi connectivity index (χ0v) is 20.6. The summed E-state index contributed by atoms with van der Waals surface area (Å²) in [4.78, 5) is 25.7. The van der Waals surface area contributed by atoms with Gasteiger partial charge in [-0.3, -0.25) is 14.2 Å². The van der Waals surface area contributed by atoms with Gasteiger partial charge in [0.05, 0.1) is 17.2 Å².